The van der Waals surface area contributed by atoms with Crippen molar-refractivity contribution in [1.29, 1.82) is 0 Å². The molecule has 0 bridgehead atoms. The van der Waals surface area contributed by atoms with Crippen LogP contribution in [0.25, 0.3) is 0 Å². The third kappa shape index (κ3) is 13.9. The predicted molar refractivity (Wildman–Crippen MR) is 51.9 cm³/mol. The quantitative estimate of drug-likeness (QED) is 0.147. The van der Waals surface area contributed by atoms with Gasteiger partial charge in [0.15, 0.2) is 0 Å². The molecule has 0 atom stereocenters. The highest BCUT2D eigenvalue weighted by Gasteiger charge is 2.00. The summed E-state index contributed by atoms with van der Waals surface area (Å²) in [6.07, 6.45) is 0.111. The van der Waals surface area contributed by atoms with E-state index < -0.39 is 5.97 Å². The van der Waals surface area contributed by atoms with Crippen molar-refractivity contribution in [3.8, 4) is 0 Å². The van der Waals surface area contributed by atoms with E-state index in [0.717, 1.165) is 11.8 Å². The number of carbonyl (C=O) groups excluding carboxylic acids is 2. The highest BCUT2D eigenvalue weighted by molar-refractivity contribution is 8.13. The average Bonchev–Trinajstić information content (AvgIpc) is 2.15. The average molecular weight is 207 g/mol. The van der Waals surface area contributed by atoms with Crippen LogP contribution in [-0.2, 0) is 14.3 Å². The second-order valence-corrected chi connectivity index (χ2v) is 2.70. The lowest BCUT2D eigenvalue weighted by molar-refractivity contribution is -0.148. The van der Waals surface area contributed by atoms with E-state index in [9.17, 15) is 9.59 Å². The van der Waals surface area contributed by atoms with E-state index >= 15 is 0 Å². The third-order valence-electron chi connectivity index (χ3n) is 0.693. The van der Waals surface area contributed by atoms with Crippen LogP contribution >= 0.6 is 11.8 Å². The molecule has 0 rings (SSSR count). The van der Waals surface area contributed by atoms with Crippen molar-refractivity contribution in [2.24, 2.45) is 5.73 Å². The summed E-state index contributed by atoms with van der Waals surface area (Å²) in [5.41, 5.74) is 5.09. The summed E-state index contributed by atoms with van der Waals surface area (Å²) in [4.78, 5) is 19.9. The van der Waals surface area contributed by atoms with Crippen LogP contribution in [-0.4, -0.2) is 29.8 Å². The number of rotatable bonds is 4. The third-order valence-corrected chi connectivity index (χ3v) is 1.40. The topological polar surface area (TPSA) is 95.0 Å². The Morgan fingerprint density at radius 3 is 2.54 bits per heavy atom. The van der Waals surface area contributed by atoms with Gasteiger partial charge in [0.05, 0.1) is 0 Å². The van der Waals surface area contributed by atoms with Crippen molar-refractivity contribution in [2.45, 2.75) is 13.8 Å². The van der Waals surface area contributed by atoms with Crippen molar-refractivity contribution in [3.05, 3.63) is 0 Å². The molecule has 13 heavy (non-hydrogen) atoms. The molecule has 0 heterocycles. The van der Waals surface area contributed by atoms with Gasteiger partial charge >= 0.3 is 5.97 Å². The Labute approximate surface area is 81.5 Å². The Kier molecular flexibility index (Phi) is 12.2. The molecule has 0 unspecified atom stereocenters. The number of carbonyl (C=O) groups is 2. The molecule has 0 aliphatic rings. The van der Waals surface area contributed by atoms with Gasteiger partial charge in [-0.05, 0) is 11.8 Å². The molecule has 0 amide bonds. The Balaban J connectivity index is 0. The molecule has 4 N–H and O–H groups in total. The number of amidine groups is 1. The maximum Gasteiger partial charge on any atom is 0.371 e. The zero-order valence-corrected chi connectivity index (χ0v) is 8.60. The number of hydrogen-bond donors (Lipinski definition) is 2. The summed E-state index contributed by atoms with van der Waals surface area (Å²) in [6.45, 7) is 4.14. The van der Waals surface area contributed by atoms with Crippen molar-refractivity contribution >= 4 is 29.2 Å². The lowest BCUT2D eigenvalue weighted by atomic mass is 10.7. The van der Waals surface area contributed by atoms with Crippen LogP contribution in [0, 0.1) is 0 Å². The van der Waals surface area contributed by atoms with Gasteiger partial charge in [0.1, 0.15) is 6.61 Å². The van der Waals surface area contributed by atoms with Crippen LogP contribution in [0.2, 0.25) is 0 Å². The van der Waals surface area contributed by atoms with E-state index in [4.69, 9.17) is 11.1 Å². The zero-order valence-electron chi connectivity index (χ0n) is 7.78. The number of hydrogen-bond acceptors (Lipinski definition) is 4. The van der Waals surface area contributed by atoms with Crippen LogP contribution in [0.15, 0.2) is 0 Å². The number of esters is 1. The van der Waals surface area contributed by atoms with Gasteiger partial charge in [-0.1, -0.05) is 13.8 Å². The zero-order chi connectivity index (χ0) is 10.7. The Hall–Kier alpha value is -1.04. The Morgan fingerprint density at radius 1 is 1.62 bits per heavy atom. The minimum Gasteiger partial charge on any atom is -0.459 e. The fourth-order valence-electron chi connectivity index (χ4n) is 0.336. The van der Waals surface area contributed by atoms with Crippen LogP contribution < -0.4 is 11.1 Å². The van der Waals surface area contributed by atoms with Crippen molar-refractivity contribution < 1.29 is 19.7 Å². The van der Waals surface area contributed by atoms with E-state index in [0.29, 0.717) is 5.75 Å². The summed E-state index contributed by atoms with van der Waals surface area (Å²) in [6, 6.07) is 0. The lowest BCUT2D eigenvalue weighted by Crippen LogP contribution is -2.43. The normalized spacial score (nSPS) is 7.85. The van der Waals surface area contributed by atoms with Crippen LogP contribution in [0.1, 0.15) is 13.8 Å². The number of aldehydes is 1. The van der Waals surface area contributed by atoms with Gasteiger partial charge in [-0.25, -0.2) is 4.79 Å². The van der Waals surface area contributed by atoms with E-state index in [-0.39, 0.29) is 18.1 Å². The van der Waals surface area contributed by atoms with E-state index in [1.54, 1.807) is 0 Å². The first-order valence-electron chi connectivity index (χ1n) is 3.79. The molecule has 0 aromatic rings. The highest BCUT2D eigenvalue weighted by atomic mass is 32.2. The summed E-state index contributed by atoms with van der Waals surface area (Å²) in [7, 11) is 0. The van der Waals surface area contributed by atoms with Crippen molar-refractivity contribution in [1.82, 2.24) is 0 Å². The maximum atomic E-state index is 10.2. The van der Waals surface area contributed by atoms with Crippen LogP contribution in [0.3, 0.4) is 0 Å². The van der Waals surface area contributed by atoms with Gasteiger partial charge in [0.2, 0.25) is 6.29 Å². The van der Waals surface area contributed by atoms with E-state index in [1.165, 1.54) is 0 Å². The molecule has 0 aliphatic carbocycles. The van der Waals surface area contributed by atoms with E-state index in [1.807, 2.05) is 13.8 Å². The summed E-state index contributed by atoms with van der Waals surface area (Å²) in [5.74, 6) is -0.414. The molecule has 0 saturated carbocycles. The maximum absolute atomic E-state index is 10.2. The van der Waals surface area contributed by atoms with Crippen LogP contribution in [0.4, 0.5) is 0 Å². The Morgan fingerprint density at radius 2 is 2.15 bits per heavy atom. The van der Waals surface area contributed by atoms with Crippen molar-refractivity contribution in [3.63, 3.8) is 0 Å². The Bertz CT molecular complexity index is 173. The molecule has 0 spiro atoms. The van der Waals surface area contributed by atoms with Gasteiger partial charge in [-0.2, -0.15) is 0 Å². The first kappa shape index (κ1) is 14.5. The predicted octanol–water partition coefficient (Wildman–Crippen LogP) is -1.44. The molecular formula is C7H15N2O3S+. The molecule has 0 fully saturated rings. The standard InChI is InChI=1S/C5H8N2O3S.C2H6/c6-5(7)11-2-1-10-4(9)3-8;1-2/h3H,1-2H2,(H3,6,7);1-2H3/p+1. The summed E-state index contributed by atoms with van der Waals surface area (Å²) in [5, 5.41) is 5.30. The largest absolute Gasteiger partial charge is 0.459 e. The van der Waals surface area contributed by atoms with Gasteiger partial charge in [0.25, 0.3) is 5.17 Å². The van der Waals surface area contributed by atoms with E-state index in [2.05, 4.69) is 4.74 Å². The molecular weight excluding hydrogens is 192 g/mol. The molecule has 5 nitrogen and oxygen atoms in total. The number of ether oxygens (including phenoxy) is 1. The second-order valence-electron chi connectivity index (χ2n) is 1.54. The van der Waals surface area contributed by atoms with Gasteiger partial charge < -0.3 is 4.74 Å². The fraction of sp³-hybridized carbons (Fsp3) is 0.571. The smallest absolute Gasteiger partial charge is 0.371 e. The van der Waals surface area contributed by atoms with Gasteiger partial charge in [-0.3, -0.25) is 15.9 Å². The SMILES string of the molecule is CC.NC(=[NH2+])SCCOC(=O)C=O. The summed E-state index contributed by atoms with van der Waals surface area (Å²) < 4.78 is 4.39. The molecule has 0 aromatic heterocycles. The monoisotopic (exact) mass is 207 g/mol. The lowest BCUT2D eigenvalue weighted by Gasteiger charge is -1.96. The fourth-order valence-corrected chi connectivity index (χ4v) is 0.738. The first-order chi connectivity index (χ1) is 6.16. The number of nitrogens with two attached hydrogens (primary N) is 2. The van der Waals surface area contributed by atoms with Crippen molar-refractivity contribution in [2.75, 3.05) is 12.4 Å². The number of thioether (sulfide) groups is 1. The second kappa shape index (κ2) is 11.0. The minimum absolute atomic E-state index is 0.111. The van der Waals surface area contributed by atoms with Gasteiger partial charge in [0, 0.05) is 5.75 Å². The van der Waals surface area contributed by atoms with Crippen LogP contribution in [0.5, 0.6) is 0 Å². The first-order valence-corrected chi connectivity index (χ1v) is 4.78. The minimum atomic E-state index is -0.874. The van der Waals surface area contributed by atoms with Gasteiger partial charge in [-0.15, -0.1) is 0 Å². The molecule has 6 heteroatoms. The molecule has 76 valence electrons. The molecule has 0 saturated heterocycles. The molecule has 0 aromatic carbocycles. The molecule has 0 radical (unpaired) electrons. The highest BCUT2D eigenvalue weighted by Crippen LogP contribution is 1.94. The molecule has 0 aliphatic heterocycles. The summed E-state index contributed by atoms with van der Waals surface area (Å²) >= 11 is 1.16.